The number of hydrogen-bond acceptors (Lipinski definition) is 4. The minimum atomic E-state index is -0.160. The van der Waals surface area contributed by atoms with Gasteiger partial charge in [-0.15, -0.1) is 0 Å². The summed E-state index contributed by atoms with van der Waals surface area (Å²) in [6.45, 7) is 3.21. The molecule has 0 spiro atoms. The Kier molecular flexibility index (Phi) is 6.38. The standard InChI is InChI=1S/C28H29ClN2O3/c1-3-18-14-21(33-17-22-16-31(2)26-6-4-5-7-27(26)34-22)11-12-23(18)28(32)30-25-15-20(19-8-9-19)10-13-24(25)29/h4-7,10-15,19,22H,3,8-9,16-17H2,1-2H3,(H,30,32)/t22-/m0/s1. The van der Waals surface area contributed by atoms with Crippen LogP contribution in [0, 0.1) is 0 Å². The third-order valence-electron chi connectivity index (χ3n) is 6.47. The monoisotopic (exact) mass is 476 g/mol. The summed E-state index contributed by atoms with van der Waals surface area (Å²) in [6, 6.07) is 19.5. The molecular formula is C28H29ClN2O3. The summed E-state index contributed by atoms with van der Waals surface area (Å²) in [7, 11) is 2.06. The average molecular weight is 477 g/mol. The van der Waals surface area contributed by atoms with Gasteiger partial charge in [-0.25, -0.2) is 0 Å². The van der Waals surface area contributed by atoms with Crippen molar-refractivity contribution in [2.75, 3.05) is 30.4 Å². The van der Waals surface area contributed by atoms with E-state index in [0.717, 1.165) is 29.3 Å². The maximum Gasteiger partial charge on any atom is 0.255 e. The summed E-state index contributed by atoms with van der Waals surface area (Å²) in [6.07, 6.45) is 3.04. The summed E-state index contributed by atoms with van der Waals surface area (Å²) < 4.78 is 12.2. The maximum atomic E-state index is 13.1. The summed E-state index contributed by atoms with van der Waals surface area (Å²) >= 11 is 6.36. The third kappa shape index (κ3) is 4.85. The van der Waals surface area contributed by atoms with Crippen LogP contribution in [0.4, 0.5) is 11.4 Å². The largest absolute Gasteiger partial charge is 0.490 e. The number of likely N-dealkylation sites (N-methyl/N-ethyl adjacent to an activating group) is 1. The smallest absolute Gasteiger partial charge is 0.255 e. The van der Waals surface area contributed by atoms with Gasteiger partial charge in [0.05, 0.1) is 22.9 Å². The van der Waals surface area contributed by atoms with E-state index in [9.17, 15) is 4.79 Å². The van der Waals surface area contributed by atoms with Gasteiger partial charge in [0.15, 0.2) is 0 Å². The molecule has 1 fully saturated rings. The Bertz CT molecular complexity index is 1210. The molecule has 5 nitrogen and oxygen atoms in total. The van der Waals surface area contributed by atoms with Gasteiger partial charge in [0, 0.05) is 12.6 Å². The molecule has 34 heavy (non-hydrogen) atoms. The first-order chi connectivity index (χ1) is 16.5. The number of benzene rings is 3. The van der Waals surface area contributed by atoms with Crippen LogP contribution < -0.4 is 19.7 Å². The van der Waals surface area contributed by atoms with E-state index in [1.165, 1.54) is 18.4 Å². The Balaban J connectivity index is 1.25. The Morgan fingerprint density at radius 3 is 2.76 bits per heavy atom. The summed E-state index contributed by atoms with van der Waals surface area (Å²) in [4.78, 5) is 15.3. The number of carbonyl (C=O) groups excluding carboxylic acids is 1. The number of hydrogen-bond donors (Lipinski definition) is 1. The molecule has 0 bridgehead atoms. The summed E-state index contributed by atoms with van der Waals surface area (Å²) in [5.74, 6) is 2.03. The van der Waals surface area contributed by atoms with Crippen LogP contribution >= 0.6 is 11.6 Å². The SMILES string of the molecule is CCc1cc(OC[C@@H]2CN(C)c3ccccc3O2)ccc1C(=O)Nc1cc(C2CC2)ccc1Cl. The summed E-state index contributed by atoms with van der Waals surface area (Å²) in [5.41, 5.74) is 4.54. The molecule has 1 amide bonds. The number of para-hydroxylation sites is 2. The predicted molar refractivity (Wildman–Crippen MR) is 137 cm³/mol. The van der Waals surface area contributed by atoms with Gasteiger partial charge in [-0.05, 0) is 78.8 Å². The lowest BCUT2D eigenvalue weighted by molar-refractivity contribution is 0.102. The average Bonchev–Trinajstić information content (AvgIpc) is 3.69. The number of nitrogens with one attached hydrogen (secondary N) is 1. The molecule has 6 heteroatoms. The molecule has 0 aromatic heterocycles. The fraction of sp³-hybridized carbons (Fsp3) is 0.321. The van der Waals surface area contributed by atoms with E-state index in [4.69, 9.17) is 21.1 Å². The topological polar surface area (TPSA) is 50.8 Å². The van der Waals surface area contributed by atoms with Crippen LogP contribution in [0.5, 0.6) is 11.5 Å². The van der Waals surface area contributed by atoms with Crippen molar-refractivity contribution >= 4 is 28.9 Å². The first-order valence-corrected chi connectivity index (χ1v) is 12.2. The van der Waals surface area contributed by atoms with Crippen LogP contribution in [-0.2, 0) is 6.42 Å². The van der Waals surface area contributed by atoms with Gasteiger partial charge in [-0.3, -0.25) is 4.79 Å². The first-order valence-electron chi connectivity index (χ1n) is 11.8. The highest BCUT2D eigenvalue weighted by Crippen LogP contribution is 2.42. The van der Waals surface area contributed by atoms with Gasteiger partial charge < -0.3 is 19.7 Å². The number of rotatable bonds is 7. The van der Waals surface area contributed by atoms with Crippen molar-refractivity contribution in [1.29, 1.82) is 0 Å². The number of halogens is 1. The number of amides is 1. The molecule has 1 atom stereocenters. The predicted octanol–water partition coefficient (Wildman–Crippen LogP) is 6.31. The van der Waals surface area contributed by atoms with Gasteiger partial charge in [0.1, 0.15) is 24.2 Å². The quantitative estimate of drug-likeness (QED) is 0.434. The highest BCUT2D eigenvalue weighted by molar-refractivity contribution is 6.34. The van der Waals surface area contributed by atoms with E-state index in [1.807, 2.05) is 61.5 Å². The molecular weight excluding hydrogens is 448 g/mol. The number of anilines is 2. The van der Waals surface area contributed by atoms with Crippen molar-refractivity contribution in [3.8, 4) is 11.5 Å². The molecule has 1 aliphatic carbocycles. The Morgan fingerprint density at radius 1 is 1.15 bits per heavy atom. The van der Waals surface area contributed by atoms with Gasteiger partial charge in [-0.2, -0.15) is 0 Å². The second-order valence-electron chi connectivity index (χ2n) is 9.04. The van der Waals surface area contributed by atoms with Crippen molar-refractivity contribution < 1.29 is 14.3 Å². The minimum Gasteiger partial charge on any atom is -0.490 e. The number of aryl methyl sites for hydroxylation is 1. The van der Waals surface area contributed by atoms with E-state index in [2.05, 4.69) is 23.3 Å². The number of fused-ring (bicyclic) bond motifs is 1. The molecule has 1 aliphatic heterocycles. The van der Waals surface area contributed by atoms with Crippen molar-refractivity contribution in [1.82, 2.24) is 0 Å². The zero-order valence-corrected chi connectivity index (χ0v) is 20.3. The normalized spacial score (nSPS) is 17.0. The second kappa shape index (κ2) is 9.59. The first kappa shape index (κ1) is 22.6. The van der Waals surface area contributed by atoms with E-state index in [-0.39, 0.29) is 12.0 Å². The van der Waals surface area contributed by atoms with Crippen molar-refractivity contribution in [3.05, 3.63) is 82.4 Å². The van der Waals surface area contributed by atoms with E-state index < -0.39 is 0 Å². The molecule has 0 unspecified atom stereocenters. The van der Waals surface area contributed by atoms with Crippen LogP contribution in [0.2, 0.25) is 5.02 Å². The van der Waals surface area contributed by atoms with Crippen molar-refractivity contribution in [3.63, 3.8) is 0 Å². The number of carbonyl (C=O) groups is 1. The fourth-order valence-corrected chi connectivity index (χ4v) is 4.61. The van der Waals surface area contributed by atoms with E-state index >= 15 is 0 Å². The molecule has 5 rings (SSSR count). The van der Waals surface area contributed by atoms with Crippen LogP contribution in [0.1, 0.15) is 47.2 Å². The molecule has 0 radical (unpaired) electrons. The third-order valence-corrected chi connectivity index (χ3v) is 6.80. The fourth-order valence-electron chi connectivity index (χ4n) is 4.44. The Hall–Kier alpha value is -3.18. The van der Waals surface area contributed by atoms with Crippen molar-refractivity contribution in [2.45, 2.75) is 38.2 Å². The van der Waals surface area contributed by atoms with Gasteiger partial charge in [0.25, 0.3) is 5.91 Å². The van der Waals surface area contributed by atoms with E-state index in [1.54, 1.807) is 0 Å². The van der Waals surface area contributed by atoms with Gasteiger partial charge in [-0.1, -0.05) is 36.7 Å². The molecule has 2 aliphatic rings. The van der Waals surface area contributed by atoms with Crippen LogP contribution in [0.3, 0.4) is 0 Å². The van der Waals surface area contributed by atoms with Gasteiger partial charge >= 0.3 is 0 Å². The highest BCUT2D eigenvalue weighted by Gasteiger charge is 2.25. The molecule has 3 aromatic carbocycles. The zero-order valence-electron chi connectivity index (χ0n) is 19.5. The molecule has 1 heterocycles. The van der Waals surface area contributed by atoms with E-state index in [0.29, 0.717) is 35.2 Å². The molecule has 176 valence electrons. The Morgan fingerprint density at radius 2 is 1.97 bits per heavy atom. The number of nitrogens with zero attached hydrogens (tertiary/aromatic N) is 1. The van der Waals surface area contributed by atoms with Crippen LogP contribution in [0.15, 0.2) is 60.7 Å². The lowest BCUT2D eigenvalue weighted by Crippen LogP contribution is -2.41. The number of ether oxygens (including phenoxy) is 2. The van der Waals surface area contributed by atoms with Crippen LogP contribution in [0.25, 0.3) is 0 Å². The molecule has 1 N–H and O–H groups in total. The Labute approximate surface area is 205 Å². The zero-order chi connectivity index (χ0) is 23.7. The molecule has 0 saturated heterocycles. The lowest BCUT2D eigenvalue weighted by Gasteiger charge is -2.33. The molecule has 3 aromatic rings. The lowest BCUT2D eigenvalue weighted by atomic mass is 10.0. The van der Waals surface area contributed by atoms with Crippen LogP contribution in [-0.4, -0.2) is 32.2 Å². The highest BCUT2D eigenvalue weighted by atomic mass is 35.5. The second-order valence-corrected chi connectivity index (χ2v) is 9.45. The maximum absolute atomic E-state index is 13.1. The van der Waals surface area contributed by atoms with Gasteiger partial charge in [0.2, 0.25) is 0 Å². The van der Waals surface area contributed by atoms with Crippen molar-refractivity contribution in [2.24, 2.45) is 0 Å². The minimum absolute atomic E-state index is 0.0752. The molecule has 1 saturated carbocycles. The summed E-state index contributed by atoms with van der Waals surface area (Å²) in [5, 5.41) is 3.56.